The van der Waals surface area contributed by atoms with Crippen molar-refractivity contribution < 1.29 is 14.3 Å². The van der Waals surface area contributed by atoms with Crippen molar-refractivity contribution in [1.82, 2.24) is 0 Å². The van der Waals surface area contributed by atoms with Gasteiger partial charge in [0.2, 0.25) is 0 Å². The fourth-order valence-corrected chi connectivity index (χ4v) is 2.15. The number of nitrogens with two attached hydrogens (primary N) is 1. The van der Waals surface area contributed by atoms with E-state index in [1.807, 2.05) is 38.1 Å². The predicted octanol–water partition coefficient (Wildman–Crippen LogP) is 3.88. The van der Waals surface area contributed by atoms with Gasteiger partial charge in [-0.2, -0.15) is 0 Å². The largest absolute Gasteiger partial charge is 0.399 e. The number of nitrogen functional groups attached to an aromatic ring is 1. The molecule has 0 unspecified atom stereocenters. The molecule has 6 heteroatoms. The van der Waals surface area contributed by atoms with Crippen LogP contribution in [-0.2, 0) is 16.1 Å². The standard InChI is InChI=1S/C19H24N2O3.ClH/c1-14(2)24-10-9-23-13-15-5-3-8-18(11-15)21-19(22)16-6-4-7-17(20)12-16;/h3-8,11-12,14H,9-10,13,20H2,1-2H3,(H,21,22);1H. The highest BCUT2D eigenvalue weighted by molar-refractivity contribution is 6.04. The highest BCUT2D eigenvalue weighted by Crippen LogP contribution is 2.14. The third-order valence-corrected chi connectivity index (χ3v) is 3.28. The van der Waals surface area contributed by atoms with Crippen molar-refractivity contribution in [2.24, 2.45) is 0 Å². The van der Waals surface area contributed by atoms with Crippen molar-refractivity contribution in [3.05, 3.63) is 59.7 Å². The molecule has 3 N–H and O–H groups in total. The summed E-state index contributed by atoms with van der Waals surface area (Å²) in [4.78, 5) is 12.2. The van der Waals surface area contributed by atoms with Crippen LogP contribution in [0.15, 0.2) is 48.5 Å². The second kappa shape index (κ2) is 10.7. The molecule has 0 spiro atoms. The van der Waals surface area contributed by atoms with E-state index in [0.29, 0.717) is 31.1 Å². The summed E-state index contributed by atoms with van der Waals surface area (Å²) < 4.78 is 11.0. The van der Waals surface area contributed by atoms with Gasteiger partial charge in [0.15, 0.2) is 0 Å². The number of carbonyl (C=O) groups excluding carboxylic acids is 1. The van der Waals surface area contributed by atoms with Crippen LogP contribution in [0.5, 0.6) is 0 Å². The minimum Gasteiger partial charge on any atom is -0.399 e. The highest BCUT2D eigenvalue weighted by Gasteiger charge is 2.06. The van der Waals surface area contributed by atoms with Crippen molar-refractivity contribution in [2.75, 3.05) is 24.3 Å². The quantitative estimate of drug-likeness (QED) is 0.550. The van der Waals surface area contributed by atoms with Gasteiger partial charge in [-0.25, -0.2) is 0 Å². The molecule has 2 rings (SSSR count). The van der Waals surface area contributed by atoms with Crippen LogP contribution in [-0.4, -0.2) is 25.2 Å². The topological polar surface area (TPSA) is 73.6 Å². The molecule has 0 fully saturated rings. The van der Waals surface area contributed by atoms with E-state index in [1.165, 1.54) is 0 Å². The van der Waals surface area contributed by atoms with Gasteiger partial charge in [0.1, 0.15) is 0 Å². The molecule has 0 aliphatic carbocycles. The molecule has 2 aromatic carbocycles. The Morgan fingerprint density at radius 3 is 2.60 bits per heavy atom. The van der Waals surface area contributed by atoms with Crippen LogP contribution >= 0.6 is 12.4 Å². The maximum absolute atomic E-state index is 12.2. The van der Waals surface area contributed by atoms with Gasteiger partial charge in [-0.1, -0.05) is 18.2 Å². The maximum atomic E-state index is 12.2. The Labute approximate surface area is 154 Å². The van der Waals surface area contributed by atoms with Crippen molar-refractivity contribution in [2.45, 2.75) is 26.6 Å². The van der Waals surface area contributed by atoms with Crippen molar-refractivity contribution in [1.29, 1.82) is 0 Å². The Kier molecular flexibility index (Phi) is 8.99. The first-order chi connectivity index (χ1) is 11.5. The smallest absolute Gasteiger partial charge is 0.255 e. The lowest BCUT2D eigenvalue weighted by atomic mass is 10.1. The molecule has 5 nitrogen and oxygen atoms in total. The van der Waals surface area contributed by atoms with Gasteiger partial charge in [0, 0.05) is 16.9 Å². The van der Waals surface area contributed by atoms with Crippen LogP contribution in [0.2, 0.25) is 0 Å². The summed E-state index contributed by atoms with van der Waals surface area (Å²) in [6.45, 7) is 5.57. The molecule has 0 bridgehead atoms. The maximum Gasteiger partial charge on any atom is 0.255 e. The summed E-state index contributed by atoms with van der Waals surface area (Å²) in [6.07, 6.45) is 0.208. The average Bonchev–Trinajstić information content (AvgIpc) is 2.54. The van der Waals surface area contributed by atoms with Gasteiger partial charge in [0.05, 0.1) is 25.9 Å². The first-order valence-corrected chi connectivity index (χ1v) is 8.00. The minimum atomic E-state index is -0.189. The number of anilines is 2. The van der Waals surface area contributed by atoms with Gasteiger partial charge < -0.3 is 20.5 Å². The Balaban J connectivity index is 0.00000312. The second-order valence-corrected chi connectivity index (χ2v) is 5.75. The lowest BCUT2D eigenvalue weighted by Crippen LogP contribution is -2.12. The van der Waals surface area contributed by atoms with Crippen LogP contribution in [0, 0.1) is 0 Å². The van der Waals surface area contributed by atoms with Gasteiger partial charge in [-0.05, 0) is 49.7 Å². The van der Waals surface area contributed by atoms with Crippen LogP contribution in [0.1, 0.15) is 29.8 Å². The first-order valence-electron chi connectivity index (χ1n) is 8.00. The van der Waals surface area contributed by atoms with Crippen molar-refractivity contribution in [3.8, 4) is 0 Å². The van der Waals surface area contributed by atoms with E-state index < -0.39 is 0 Å². The van der Waals surface area contributed by atoms with Crippen molar-refractivity contribution >= 4 is 29.7 Å². The monoisotopic (exact) mass is 364 g/mol. The Morgan fingerprint density at radius 2 is 1.88 bits per heavy atom. The highest BCUT2D eigenvalue weighted by atomic mass is 35.5. The van der Waals surface area contributed by atoms with Crippen LogP contribution < -0.4 is 11.1 Å². The zero-order chi connectivity index (χ0) is 17.4. The fourth-order valence-electron chi connectivity index (χ4n) is 2.15. The number of hydrogen-bond donors (Lipinski definition) is 2. The van der Waals surface area contributed by atoms with Crippen molar-refractivity contribution in [3.63, 3.8) is 0 Å². The Hall–Kier alpha value is -2.08. The fraction of sp³-hybridized carbons (Fsp3) is 0.316. The molecule has 0 aromatic heterocycles. The molecule has 0 aliphatic rings. The number of carbonyl (C=O) groups is 1. The molecular weight excluding hydrogens is 340 g/mol. The summed E-state index contributed by atoms with van der Waals surface area (Å²) in [6, 6.07) is 14.5. The summed E-state index contributed by atoms with van der Waals surface area (Å²) in [5, 5.41) is 2.87. The summed E-state index contributed by atoms with van der Waals surface area (Å²) >= 11 is 0. The molecule has 0 saturated carbocycles. The molecule has 0 radical (unpaired) electrons. The third kappa shape index (κ3) is 7.56. The molecule has 1 amide bonds. The number of halogens is 1. The molecule has 0 atom stereocenters. The number of rotatable bonds is 8. The normalized spacial score (nSPS) is 10.4. The molecule has 25 heavy (non-hydrogen) atoms. The number of nitrogens with one attached hydrogen (secondary N) is 1. The van der Waals surface area contributed by atoms with Crippen LogP contribution in [0.3, 0.4) is 0 Å². The summed E-state index contributed by atoms with van der Waals surface area (Å²) in [5.41, 5.74) is 8.51. The predicted molar refractivity (Wildman–Crippen MR) is 103 cm³/mol. The van der Waals surface area contributed by atoms with E-state index in [4.69, 9.17) is 15.2 Å². The number of ether oxygens (including phenoxy) is 2. The zero-order valence-electron chi connectivity index (χ0n) is 14.5. The SMILES string of the molecule is CC(C)OCCOCc1cccc(NC(=O)c2cccc(N)c2)c1.Cl. The molecule has 0 saturated heterocycles. The van der Waals surface area contributed by atoms with Crippen LogP contribution in [0.25, 0.3) is 0 Å². The van der Waals surface area contributed by atoms with E-state index in [1.54, 1.807) is 24.3 Å². The van der Waals surface area contributed by atoms with E-state index in [0.717, 1.165) is 11.3 Å². The first kappa shape index (κ1) is 21.0. The zero-order valence-corrected chi connectivity index (χ0v) is 15.3. The second-order valence-electron chi connectivity index (χ2n) is 5.75. The molecule has 2 aromatic rings. The Bertz CT molecular complexity index is 677. The van der Waals surface area contributed by atoms with Gasteiger partial charge in [0.25, 0.3) is 5.91 Å². The minimum absolute atomic E-state index is 0. The van der Waals surface area contributed by atoms with Gasteiger partial charge in [-0.15, -0.1) is 12.4 Å². The third-order valence-electron chi connectivity index (χ3n) is 3.28. The number of benzene rings is 2. The van der Waals surface area contributed by atoms with E-state index in [9.17, 15) is 4.79 Å². The number of hydrogen-bond acceptors (Lipinski definition) is 4. The average molecular weight is 365 g/mol. The Morgan fingerprint density at radius 1 is 1.12 bits per heavy atom. The van der Waals surface area contributed by atoms with E-state index in [2.05, 4.69) is 5.32 Å². The van der Waals surface area contributed by atoms with E-state index in [-0.39, 0.29) is 24.4 Å². The lowest BCUT2D eigenvalue weighted by Gasteiger charge is -2.10. The number of amides is 1. The lowest BCUT2D eigenvalue weighted by molar-refractivity contribution is 0.0143. The molecule has 136 valence electrons. The molecule has 0 heterocycles. The van der Waals surface area contributed by atoms with Gasteiger partial charge >= 0.3 is 0 Å². The summed E-state index contributed by atoms with van der Waals surface area (Å²) in [7, 11) is 0. The summed E-state index contributed by atoms with van der Waals surface area (Å²) in [5.74, 6) is -0.189. The molecule has 0 aliphatic heterocycles. The molecular formula is C19H25ClN2O3. The van der Waals surface area contributed by atoms with Gasteiger partial charge in [-0.3, -0.25) is 4.79 Å². The van der Waals surface area contributed by atoms with E-state index >= 15 is 0 Å². The van der Waals surface area contributed by atoms with Crippen LogP contribution in [0.4, 0.5) is 11.4 Å².